The number of fused-ring (bicyclic) bond motifs is 1. The number of halogens is 1. The van der Waals surface area contributed by atoms with E-state index in [2.05, 4.69) is 5.32 Å². The predicted molar refractivity (Wildman–Crippen MR) is 148 cm³/mol. The van der Waals surface area contributed by atoms with Gasteiger partial charge in [0, 0.05) is 29.8 Å². The zero-order chi connectivity index (χ0) is 28.4. The molecule has 1 saturated heterocycles. The molecular formula is C31H33FN2O6. The normalized spacial score (nSPS) is 19.9. The highest BCUT2D eigenvalue weighted by Crippen LogP contribution is 2.48. The zero-order valence-corrected chi connectivity index (χ0v) is 22.8. The minimum atomic E-state index is -1.07. The molecule has 0 aliphatic carbocycles. The third kappa shape index (κ3) is 5.21. The number of nitrogens with one attached hydrogen (secondary N) is 1. The Morgan fingerprint density at radius 2 is 1.77 bits per heavy atom. The molecule has 1 amide bonds. The lowest BCUT2D eigenvalue weighted by Gasteiger charge is -2.27. The molecule has 0 radical (unpaired) electrons. The molecule has 210 valence electrons. The maximum Gasteiger partial charge on any atom is 0.309 e. The first kappa shape index (κ1) is 27.5. The number of methoxy groups -OCH3 is 1. The van der Waals surface area contributed by atoms with Crippen LogP contribution in [0.2, 0.25) is 0 Å². The summed E-state index contributed by atoms with van der Waals surface area (Å²) in [4.78, 5) is 28.0. The largest absolute Gasteiger partial charge is 0.497 e. The molecule has 3 atom stereocenters. The molecule has 1 unspecified atom stereocenters. The Labute approximate surface area is 232 Å². The molecule has 0 saturated carbocycles. The number of para-hydroxylation sites is 1. The van der Waals surface area contributed by atoms with Crippen molar-refractivity contribution in [2.45, 2.75) is 38.6 Å². The number of rotatable bonds is 9. The number of likely N-dealkylation sites (tertiary alicyclic amines) is 1. The molecular weight excluding hydrogens is 515 g/mol. The van der Waals surface area contributed by atoms with Gasteiger partial charge in [-0.2, -0.15) is 0 Å². The van der Waals surface area contributed by atoms with Gasteiger partial charge >= 0.3 is 5.97 Å². The molecule has 1 fully saturated rings. The van der Waals surface area contributed by atoms with E-state index in [0.29, 0.717) is 17.2 Å². The molecule has 40 heavy (non-hydrogen) atoms. The standard InChI is InChI=1S/C31H33FN2O6/c1-4-18-7-6-8-19(5-2)29(18)33-27(35)16-34-15-23(20-9-12-25-26(13-20)40-17-39-25)28(31(36)37)30(34)22-11-10-21(38-3)14-24(22)32/h6-14,23,28,30H,4-5,15-17H2,1-3H3,(H,33,35)(H,36,37)/t23-,28?,30+/m1/s1. The summed E-state index contributed by atoms with van der Waals surface area (Å²) < 4.78 is 31.6. The Morgan fingerprint density at radius 1 is 1.05 bits per heavy atom. The summed E-state index contributed by atoms with van der Waals surface area (Å²) in [5, 5.41) is 13.5. The third-order valence-electron chi connectivity index (χ3n) is 7.84. The molecule has 2 aliphatic heterocycles. The molecule has 0 bridgehead atoms. The Balaban J connectivity index is 1.52. The number of carbonyl (C=O) groups is 2. The van der Waals surface area contributed by atoms with Gasteiger partial charge < -0.3 is 24.6 Å². The van der Waals surface area contributed by atoms with Gasteiger partial charge in [-0.25, -0.2) is 4.39 Å². The van der Waals surface area contributed by atoms with Gasteiger partial charge in [0.05, 0.1) is 25.6 Å². The summed E-state index contributed by atoms with van der Waals surface area (Å²) >= 11 is 0. The summed E-state index contributed by atoms with van der Waals surface area (Å²) in [6.45, 7) is 4.27. The van der Waals surface area contributed by atoms with Gasteiger partial charge in [-0.15, -0.1) is 0 Å². The molecule has 0 spiro atoms. The van der Waals surface area contributed by atoms with Gasteiger partial charge in [0.2, 0.25) is 12.7 Å². The maximum absolute atomic E-state index is 15.5. The second kappa shape index (κ2) is 11.6. The minimum absolute atomic E-state index is 0.0940. The van der Waals surface area contributed by atoms with Crippen molar-refractivity contribution in [3.63, 3.8) is 0 Å². The quantitative estimate of drug-likeness (QED) is 0.381. The number of nitrogens with zero attached hydrogens (tertiary/aromatic N) is 1. The van der Waals surface area contributed by atoms with Crippen LogP contribution >= 0.6 is 0 Å². The van der Waals surface area contributed by atoms with E-state index in [0.717, 1.165) is 35.2 Å². The van der Waals surface area contributed by atoms with Crippen LogP contribution in [0.5, 0.6) is 17.2 Å². The Morgan fingerprint density at radius 3 is 2.42 bits per heavy atom. The lowest BCUT2D eigenvalue weighted by atomic mass is 9.82. The van der Waals surface area contributed by atoms with Crippen molar-refractivity contribution in [2.75, 3.05) is 32.3 Å². The highest BCUT2D eigenvalue weighted by molar-refractivity contribution is 5.94. The number of ether oxygens (including phenoxy) is 3. The van der Waals surface area contributed by atoms with Crippen LogP contribution in [-0.4, -0.2) is 48.9 Å². The van der Waals surface area contributed by atoms with E-state index >= 15 is 4.39 Å². The van der Waals surface area contributed by atoms with Crippen LogP contribution in [-0.2, 0) is 22.4 Å². The van der Waals surface area contributed by atoms with E-state index in [-0.39, 0.29) is 31.4 Å². The number of carbonyl (C=O) groups excluding carboxylic acids is 1. The fourth-order valence-electron chi connectivity index (χ4n) is 5.88. The van der Waals surface area contributed by atoms with E-state index < -0.39 is 29.7 Å². The van der Waals surface area contributed by atoms with E-state index in [1.54, 1.807) is 29.2 Å². The van der Waals surface area contributed by atoms with Gasteiger partial charge in [0.15, 0.2) is 11.5 Å². The Kier molecular flexibility index (Phi) is 7.93. The van der Waals surface area contributed by atoms with Gasteiger partial charge in [0.25, 0.3) is 0 Å². The van der Waals surface area contributed by atoms with Crippen LogP contribution in [0.1, 0.15) is 48.1 Å². The lowest BCUT2D eigenvalue weighted by Crippen LogP contribution is -2.35. The average molecular weight is 549 g/mol. The molecule has 2 aliphatic rings. The number of amides is 1. The first-order chi connectivity index (χ1) is 19.3. The fourth-order valence-corrected chi connectivity index (χ4v) is 5.88. The number of anilines is 1. The minimum Gasteiger partial charge on any atom is -0.497 e. The average Bonchev–Trinajstić information content (AvgIpc) is 3.57. The van der Waals surface area contributed by atoms with E-state index in [9.17, 15) is 14.7 Å². The fraction of sp³-hybridized carbons (Fsp3) is 0.355. The second-order valence-corrected chi connectivity index (χ2v) is 10.1. The van der Waals surface area contributed by atoms with Gasteiger partial charge in [-0.05, 0) is 47.7 Å². The summed E-state index contributed by atoms with van der Waals surface area (Å²) in [6, 6.07) is 14.8. The van der Waals surface area contributed by atoms with Crippen LogP contribution < -0.4 is 19.5 Å². The third-order valence-corrected chi connectivity index (χ3v) is 7.84. The van der Waals surface area contributed by atoms with Crippen molar-refractivity contribution < 1.29 is 33.3 Å². The first-order valence-electron chi connectivity index (χ1n) is 13.4. The highest BCUT2D eigenvalue weighted by Gasteiger charge is 2.49. The van der Waals surface area contributed by atoms with Crippen LogP contribution in [0.25, 0.3) is 0 Å². The molecule has 0 aromatic heterocycles. The van der Waals surface area contributed by atoms with Crippen LogP contribution in [0.15, 0.2) is 54.6 Å². The van der Waals surface area contributed by atoms with Gasteiger partial charge in [-0.3, -0.25) is 14.5 Å². The summed E-state index contributed by atoms with van der Waals surface area (Å²) in [5.74, 6) is -2.05. The van der Waals surface area contributed by atoms with Crippen molar-refractivity contribution in [3.05, 3.63) is 82.7 Å². The van der Waals surface area contributed by atoms with Crippen LogP contribution in [0.3, 0.4) is 0 Å². The monoisotopic (exact) mass is 548 g/mol. The van der Waals surface area contributed by atoms with Crippen LogP contribution in [0.4, 0.5) is 10.1 Å². The van der Waals surface area contributed by atoms with Crippen molar-refractivity contribution in [1.82, 2.24) is 4.90 Å². The number of aryl methyl sites for hydroxylation is 2. The van der Waals surface area contributed by atoms with Crippen molar-refractivity contribution >= 4 is 17.6 Å². The molecule has 5 rings (SSSR count). The van der Waals surface area contributed by atoms with Crippen LogP contribution in [0, 0.1) is 11.7 Å². The van der Waals surface area contributed by atoms with Crippen molar-refractivity contribution in [1.29, 1.82) is 0 Å². The first-order valence-corrected chi connectivity index (χ1v) is 13.4. The summed E-state index contributed by atoms with van der Waals surface area (Å²) in [6.07, 6.45) is 1.50. The Hall–Kier alpha value is -4.11. The highest BCUT2D eigenvalue weighted by atomic mass is 19.1. The number of carboxylic acid groups (broad SMARTS) is 1. The molecule has 3 aromatic carbocycles. The lowest BCUT2D eigenvalue weighted by molar-refractivity contribution is -0.143. The predicted octanol–water partition coefficient (Wildman–Crippen LogP) is 5.17. The zero-order valence-electron chi connectivity index (χ0n) is 22.8. The topological polar surface area (TPSA) is 97.3 Å². The van der Waals surface area contributed by atoms with Crippen molar-refractivity contribution in [2.24, 2.45) is 5.92 Å². The number of aliphatic carboxylic acids is 1. The SMILES string of the molecule is CCc1cccc(CC)c1NC(=O)CN1C[C@H](c2ccc3c(c2)OCO3)C(C(=O)O)[C@@H]1c1ccc(OC)cc1F. The Bertz CT molecular complexity index is 1400. The van der Waals surface area contributed by atoms with E-state index in [1.807, 2.05) is 38.1 Å². The molecule has 8 nitrogen and oxygen atoms in total. The van der Waals surface area contributed by atoms with Gasteiger partial charge in [-0.1, -0.05) is 44.2 Å². The van der Waals surface area contributed by atoms with Gasteiger partial charge in [0.1, 0.15) is 11.6 Å². The van der Waals surface area contributed by atoms with E-state index in [4.69, 9.17) is 14.2 Å². The van der Waals surface area contributed by atoms with Crippen molar-refractivity contribution in [3.8, 4) is 17.2 Å². The summed E-state index contributed by atoms with van der Waals surface area (Å²) in [5.41, 5.74) is 3.75. The molecule has 2 heterocycles. The molecule has 3 aromatic rings. The molecule has 2 N–H and O–H groups in total. The smallest absolute Gasteiger partial charge is 0.309 e. The second-order valence-electron chi connectivity index (χ2n) is 10.1. The maximum atomic E-state index is 15.5. The number of benzene rings is 3. The molecule has 9 heteroatoms. The summed E-state index contributed by atoms with van der Waals surface area (Å²) in [7, 11) is 1.44. The number of hydrogen-bond acceptors (Lipinski definition) is 6. The number of hydrogen-bond donors (Lipinski definition) is 2. The number of carboxylic acids is 1. The van der Waals surface area contributed by atoms with E-state index in [1.165, 1.54) is 13.2 Å².